The fraction of sp³-hybridized carbons (Fsp3) is 0.200. The van der Waals surface area contributed by atoms with Crippen molar-refractivity contribution < 1.29 is 4.39 Å². The molecule has 0 amide bonds. The molecule has 6 heteroatoms. The lowest BCUT2D eigenvalue weighted by Crippen LogP contribution is -2.30. The summed E-state index contributed by atoms with van der Waals surface area (Å²) in [6, 6.07) is 6.41. The van der Waals surface area contributed by atoms with E-state index in [1.54, 1.807) is 23.6 Å². The molecule has 3 N–H and O–H groups in total. The summed E-state index contributed by atoms with van der Waals surface area (Å²) in [6.45, 7) is 0. The van der Waals surface area contributed by atoms with Crippen LogP contribution in [0.1, 0.15) is 17.3 Å². The summed E-state index contributed by atoms with van der Waals surface area (Å²) in [7, 11) is 0. The predicted molar refractivity (Wildman–Crippen MR) is 60.1 cm³/mol. The van der Waals surface area contributed by atoms with Crippen LogP contribution in [0.3, 0.4) is 0 Å². The van der Waals surface area contributed by atoms with Crippen molar-refractivity contribution in [2.75, 3.05) is 0 Å². The minimum atomic E-state index is -0.231. The largest absolute Gasteiger partial charge is 0.271 e. The van der Waals surface area contributed by atoms with Crippen molar-refractivity contribution >= 4 is 11.5 Å². The Morgan fingerprint density at radius 1 is 1.44 bits per heavy atom. The molecule has 0 aliphatic rings. The van der Waals surface area contributed by atoms with E-state index in [0.717, 1.165) is 5.69 Å². The molecule has 1 atom stereocenters. The quantitative estimate of drug-likeness (QED) is 0.624. The Morgan fingerprint density at radius 2 is 2.25 bits per heavy atom. The van der Waals surface area contributed by atoms with Crippen molar-refractivity contribution in [3.8, 4) is 0 Å². The van der Waals surface area contributed by atoms with E-state index in [1.807, 2.05) is 0 Å². The molecule has 0 spiro atoms. The van der Waals surface area contributed by atoms with Gasteiger partial charge in [0.05, 0.1) is 11.7 Å². The minimum absolute atomic E-state index is 0.212. The molecule has 0 aliphatic heterocycles. The summed E-state index contributed by atoms with van der Waals surface area (Å²) in [5.41, 5.74) is 3.96. The highest BCUT2D eigenvalue weighted by Gasteiger charge is 2.15. The van der Waals surface area contributed by atoms with Crippen LogP contribution in [0.2, 0.25) is 0 Å². The molecule has 2 aromatic rings. The van der Waals surface area contributed by atoms with Crippen LogP contribution in [-0.4, -0.2) is 9.59 Å². The van der Waals surface area contributed by atoms with Crippen LogP contribution in [0.4, 0.5) is 4.39 Å². The number of hydrogen-bond donors (Lipinski definition) is 2. The topological polar surface area (TPSA) is 63.8 Å². The van der Waals surface area contributed by atoms with Gasteiger partial charge in [0.25, 0.3) is 0 Å². The number of hydrazine groups is 1. The summed E-state index contributed by atoms with van der Waals surface area (Å²) >= 11 is 1.25. The van der Waals surface area contributed by atoms with Gasteiger partial charge in [-0.25, -0.2) is 4.39 Å². The van der Waals surface area contributed by atoms with E-state index in [1.165, 1.54) is 17.6 Å². The molecular formula is C10H11FN4S. The summed E-state index contributed by atoms with van der Waals surface area (Å²) in [5.74, 6) is 5.20. The highest BCUT2D eigenvalue weighted by atomic mass is 32.1. The third-order valence-electron chi connectivity index (χ3n) is 2.32. The van der Waals surface area contributed by atoms with Crippen molar-refractivity contribution in [3.05, 3.63) is 46.7 Å². The summed E-state index contributed by atoms with van der Waals surface area (Å²) in [5, 5.41) is 5.71. The standard InChI is InChI=1S/C10H11FN4S/c11-8-4-2-1-3-7(8)5-9(13-12)10-6-16-15-14-10/h1-4,6,9,13H,5,12H2. The molecule has 0 radical (unpaired) electrons. The van der Waals surface area contributed by atoms with Crippen molar-refractivity contribution in [3.63, 3.8) is 0 Å². The fourth-order valence-electron chi connectivity index (χ4n) is 1.46. The number of nitrogens with one attached hydrogen (secondary N) is 1. The van der Waals surface area contributed by atoms with Gasteiger partial charge < -0.3 is 0 Å². The van der Waals surface area contributed by atoms with E-state index >= 15 is 0 Å². The average molecular weight is 238 g/mol. The fourth-order valence-corrected chi connectivity index (χ4v) is 1.96. The SMILES string of the molecule is NNC(Cc1ccccc1F)c1csnn1. The van der Waals surface area contributed by atoms with Gasteiger partial charge >= 0.3 is 0 Å². The van der Waals surface area contributed by atoms with Gasteiger partial charge in [0.1, 0.15) is 5.82 Å². The Hall–Kier alpha value is -1.37. The van der Waals surface area contributed by atoms with Gasteiger partial charge in [-0.1, -0.05) is 22.7 Å². The van der Waals surface area contributed by atoms with Crippen LogP contribution in [0.5, 0.6) is 0 Å². The van der Waals surface area contributed by atoms with E-state index in [2.05, 4.69) is 15.0 Å². The molecule has 0 aliphatic carbocycles. The predicted octanol–water partition coefficient (Wildman–Crippen LogP) is 1.42. The lowest BCUT2D eigenvalue weighted by molar-refractivity contribution is 0.518. The van der Waals surface area contributed by atoms with E-state index < -0.39 is 0 Å². The third-order valence-corrected chi connectivity index (χ3v) is 2.84. The van der Waals surface area contributed by atoms with Gasteiger partial charge in [0, 0.05) is 5.38 Å². The normalized spacial score (nSPS) is 12.6. The maximum Gasteiger partial charge on any atom is 0.126 e. The van der Waals surface area contributed by atoms with Gasteiger partial charge in [-0.2, -0.15) is 0 Å². The van der Waals surface area contributed by atoms with E-state index in [9.17, 15) is 4.39 Å². The third kappa shape index (κ3) is 2.41. The van der Waals surface area contributed by atoms with E-state index in [-0.39, 0.29) is 11.9 Å². The number of hydrogen-bond acceptors (Lipinski definition) is 5. The van der Waals surface area contributed by atoms with Crippen LogP contribution >= 0.6 is 11.5 Å². The molecule has 4 nitrogen and oxygen atoms in total. The number of benzene rings is 1. The molecule has 1 heterocycles. The van der Waals surface area contributed by atoms with Gasteiger partial charge in [0.2, 0.25) is 0 Å². The van der Waals surface area contributed by atoms with Crippen LogP contribution in [0, 0.1) is 5.82 Å². The first-order chi connectivity index (χ1) is 7.81. The number of halogens is 1. The maximum atomic E-state index is 13.4. The monoisotopic (exact) mass is 238 g/mol. The van der Waals surface area contributed by atoms with Crippen molar-refractivity contribution in [1.82, 2.24) is 15.0 Å². The van der Waals surface area contributed by atoms with Crippen LogP contribution in [0.15, 0.2) is 29.6 Å². The zero-order valence-electron chi connectivity index (χ0n) is 8.43. The van der Waals surface area contributed by atoms with Gasteiger partial charge in [0.15, 0.2) is 0 Å². The lowest BCUT2D eigenvalue weighted by Gasteiger charge is -2.13. The molecule has 1 unspecified atom stereocenters. The summed E-state index contributed by atoms with van der Waals surface area (Å²) in [4.78, 5) is 0. The van der Waals surface area contributed by atoms with Gasteiger partial charge in [-0.05, 0) is 29.6 Å². The van der Waals surface area contributed by atoms with Crippen LogP contribution in [-0.2, 0) is 6.42 Å². The Kier molecular flexibility index (Phi) is 3.55. The van der Waals surface area contributed by atoms with Crippen molar-refractivity contribution in [1.29, 1.82) is 0 Å². The van der Waals surface area contributed by atoms with E-state index in [4.69, 9.17) is 5.84 Å². The minimum Gasteiger partial charge on any atom is -0.271 e. The number of nitrogens with two attached hydrogens (primary N) is 1. The number of aromatic nitrogens is 2. The molecule has 1 aromatic carbocycles. The molecule has 0 fully saturated rings. The first-order valence-electron chi connectivity index (χ1n) is 4.77. The molecule has 2 rings (SSSR count). The van der Waals surface area contributed by atoms with Crippen molar-refractivity contribution in [2.24, 2.45) is 5.84 Å². The van der Waals surface area contributed by atoms with Crippen LogP contribution in [0.25, 0.3) is 0 Å². The Balaban J connectivity index is 2.17. The second-order valence-electron chi connectivity index (χ2n) is 3.34. The Labute approximate surface area is 96.4 Å². The second-order valence-corrected chi connectivity index (χ2v) is 3.95. The smallest absolute Gasteiger partial charge is 0.126 e. The summed E-state index contributed by atoms with van der Waals surface area (Å²) < 4.78 is 17.2. The lowest BCUT2D eigenvalue weighted by atomic mass is 10.0. The zero-order valence-corrected chi connectivity index (χ0v) is 9.25. The average Bonchev–Trinajstić information content (AvgIpc) is 2.81. The highest BCUT2D eigenvalue weighted by molar-refractivity contribution is 7.03. The van der Waals surface area contributed by atoms with E-state index in [0.29, 0.717) is 12.0 Å². The molecule has 0 saturated carbocycles. The molecule has 0 saturated heterocycles. The Morgan fingerprint density at radius 3 is 2.88 bits per heavy atom. The number of rotatable bonds is 4. The van der Waals surface area contributed by atoms with Gasteiger partial charge in [-0.15, -0.1) is 5.10 Å². The first-order valence-corrected chi connectivity index (χ1v) is 5.61. The summed E-state index contributed by atoms with van der Waals surface area (Å²) in [6.07, 6.45) is 0.453. The molecular weight excluding hydrogens is 227 g/mol. The maximum absolute atomic E-state index is 13.4. The van der Waals surface area contributed by atoms with Crippen molar-refractivity contribution in [2.45, 2.75) is 12.5 Å². The second kappa shape index (κ2) is 5.11. The first kappa shape index (κ1) is 11.1. The van der Waals surface area contributed by atoms with Crippen LogP contribution < -0.4 is 11.3 Å². The number of nitrogens with zero attached hydrogens (tertiary/aromatic N) is 2. The molecule has 84 valence electrons. The molecule has 16 heavy (non-hydrogen) atoms. The highest BCUT2D eigenvalue weighted by Crippen LogP contribution is 2.18. The zero-order chi connectivity index (χ0) is 11.4. The molecule has 1 aromatic heterocycles. The Bertz CT molecular complexity index is 446. The van der Waals surface area contributed by atoms with Gasteiger partial charge in [-0.3, -0.25) is 11.3 Å². The molecule has 0 bridgehead atoms.